The average molecular weight is 266 g/mol. The van der Waals surface area contributed by atoms with Crippen molar-refractivity contribution in [3.05, 3.63) is 23.8 Å². The van der Waals surface area contributed by atoms with E-state index >= 15 is 0 Å². The number of carbonyl (C=O) groups excluding carboxylic acids is 1. The summed E-state index contributed by atoms with van der Waals surface area (Å²) in [5, 5.41) is 8.74. The summed E-state index contributed by atoms with van der Waals surface area (Å²) in [6.07, 6.45) is 2.73. The van der Waals surface area contributed by atoms with Crippen LogP contribution in [0.4, 0.5) is 11.4 Å². The Kier molecular flexibility index (Phi) is 6.15. The highest BCUT2D eigenvalue weighted by Crippen LogP contribution is 2.23. The molecule has 0 spiro atoms. The van der Waals surface area contributed by atoms with Crippen LogP contribution in [0.5, 0.6) is 0 Å². The zero-order valence-corrected chi connectivity index (χ0v) is 11.6. The molecule has 1 rings (SSSR count). The van der Waals surface area contributed by atoms with E-state index in [1.54, 1.807) is 12.1 Å². The van der Waals surface area contributed by atoms with Gasteiger partial charge in [0, 0.05) is 25.9 Å². The first-order valence-corrected chi connectivity index (χ1v) is 6.40. The van der Waals surface area contributed by atoms with Crippen LogP contribution in [0.2, 0.25) is 0 Å². The van der Waals surface area contributed by atoms with Crippen molar-refractivity contribution in [2.75, 3.05) is 37.9 Å². The Hall–Kier alpha value is -1.75. The number of aliphatic hydroxyl groups is 1. The molecule has 5 nitrogen and oxygen atoms in total. The van der Waals surface area contributed by atoms with Crippen molar-refractivity contribution in [3.63, 3.8) is 0 Å². The van der Waals surface area contributed by atoms with Gasteiger partial charge in [-0.3, -0.25) is 0 Å². The maximum absolute atomic E-state index is 11.7. The fourth-order valence-electron chi connectivity index (χ4n) is 1.92. The van der Waals surface area contributed by atoms with Gasteiger partial charge in [0.15, 0.2) is 0 Å². The molecule has 0 unspecified atom stereocenters. The minimum Gasteiger partial charge on any atom is -0.465 e. The third kappa shape index (κ3) is 4.44. The van der Waals surface area contributed by atoms with Crippen LogP contribution in [0.3, 0.4) is 0 Å². The Morgan fingerprint density at radius 2 is 2.11 bits per heavy atom. The number of ether oxygens (including phenoxy) is 1. The number of esters is 1. The number of methoxy groups -OCH3 is 1. The second-order valence-corrected chi connectivity index (χ2v) is 4.47. The molecule has 5 heteroatoms. The van der Waals surface area contributed by atoms with Gasteiger partial charge in [0.2, 0.25) is 0 Å². The van der Waals surface area contributed by atoms with Gasteiger partial charge >= 0.3 is 5.97 Å². The first-order valence-electron chi connectivity index (χ1n) is 6.40. The van der Waals surface area contributed by atoms with E-state index in [0.717, 1.165) is 31.5 Å². The van der Waals surface area contributed by atoms with Gasteiger partial charge in [-0.1, -0.05) is 0 Å². The van der Waals surface area contributed by atoms with E-state index in [9.17, 15) is 4.79 Å². The highest BCUT2D eigenvalue weighted by atomic mass is 16.5. The summed E-state index contributed by atoms with van der Waals surface area (Å²) in [5.41, 5.74) is 7.53. The molecule has 0 aliphatic rings. The molecule has 106 valence electrons. The molecule has 0 aliphatic carbocycles. The second-order valence-electron chi connectivity index (χ2n) is 4.47. The van der Waals surface area contributed by atoms with Crippen molar-refractivity contribution in [1.82, 2.24) is 0 Å². The molecule has 0 amide bonds. The number of anilines is 2. The number of rotatable bonds is 7. The van der Waals surface area contributed by atoms with E-state index in [4.69, 9.17) is 15.6 Å². The van der Waals surface area contributed by atoms with Crippen LogP contribution >= 0.6 is 0 Å². The lowest BCUT2D eigenvalue weighted by molar-refractivity contribution is 0.0601. The van der Waals surface area contributed by atoms with Gasteiger partial charge in [-0.15, -0.1) is 0 Å². The zero-order chi connectivity index (χ0) is 14.3. The highest BCUT2D eigenvalue weighted by molar-refractivity contribution is 5.96. The molecule has 0 saturated carbocycles. The molecule has 0 bridgehead atoms. The molecule has 1 aromatic rings. The van der Waals surface area contributed by atoms with Crippen LogP contribution in [0.25, 0.3) is 0 Å². The minimum atomic E-state index is -0.385. The number of nitrogens with zero attached hydrogens (tertiary/aromatic N) is 1. The van der Waals surface area contributed by atoms with Crippen LogP contribution in [0.15, 0.2) is 18.2 Å². The molecule has 19 heavy (non-hydrogen) atoms. The van der Waals surface area contributed by atoms with Gasteiger partial charge in [0.25, 0.3) is 0 Å². The lowest BCUT2D eigenvalue weighted by Crippen LogP contribution is -2.21. The summed E-state index contributed by atoms with van der Waals surface area (Å²) in [6.45, 7) is 1.03. The van der Waals surface area contributed by atoms with Gasteiger partial charge in [-0.25, -0.2) is 4.79 Å². The second kappa shape index (κ2) is 7.63. The smallest absolute Gasteiger partial charge is 0.340 e. The van der Waals surface area contributed by atoms with Gasteiger partial charge in [0.05, 0.1) is 18.4 Å². The molecular weight excluding hydrogens is 244 g/mol. The quantitative estimate of drug-likeness (QED) is 0.446. The average Bonchev–Trinajstić information content (AvgIpc) is 2.42. The maximum Gasteiger partial charge on any atom is 0.340 e. The van der Waals surface area contributed by atoms with Crippen molar-refractivity contribution >= 4 is 17.3 Å². The van der Waals surface area contributed by atoms with Crippen LogP contribution in [0, 0.1) is 0 Å². The number of hydrogen-bond donors (Lipinski definition) is 2. The van der Waals surface area contributed by atoms with Gasteiger partial charge in [0.1, 0.15) is 0 Å². The molecule has 0 saturated heterocycles. The van der Waals surface area contributed by atoms with E-state index in [1.807, 2.05) is 18.0 Å². The monoisotopic (exact) mass is 266 g/mol. The van der Waals surface area contributed by atoms with E-state index < -0.39 is 0 Å². The number of aliphatic hydroxyl groups excluding tert-OH is 1. The maximum atomic E-state index is 11.7. The van der Waals surface area contributed by atoms with Gasteiger partial charge < -0.3 is 20.5 Å². The molecule has 0 heterocycles. The number of nitrogen functional groups attached to an aromatic ring is 1. The topological polar surface area (TPSA) is 75.8 Å². The van der Waals surface area contributed by atoms with E-state index in [1.165, 1.54) is 7.11 Å². The molecule has 0 aromatic heterocycles. The largest absolute Gasteiger partial charge is 0.465 e. The fourth-order valence-corrected chi connectivity index (χ4v) is 1.92. The summed E-state index contributed by atoms with van der Waals surface area (Å²) in [5.74, 6) is -0.385. The molecule has 1 aromatic carbocycles. The lowest BCUT2D eigenvalue weighted by Gasteiger charge is -2.22. The van der Waals surface area contributed by atoms with Crippen LogP contribution < -0.4 is 10.6 Å². The first-order chi connectivity index (χ1) is 9.10. The lowest BCUT2D eigenvalue weighted by atomic mass is 10.1. The summed E-state index contributed by atoms with van der Waals surface area (Å²) in [6, 6.07) is 5.23. The Morgan fingerprint density at radius 3 is 2.74 bits per heavy atom. The Balaban J connectivity index is 2.77. The molecule has 0 radical (unpaired) electrons. The van der Waals surface area contributed by atoms with Gasteiger partial charge in [-0.05, 0) is 37.5 Å². The number of nitrogens with two attached hydrogens (primary N) is 1. The van der Waals surface area contributed by atoms with E-state index in [0.29, 0.717) is 11.3 Å². The summed E-state index contributed by atoms with van der Waals surface area (Å²) in [7, 11) is 3.29. The third-order valence-electron chi connectivity index (χ3n) is 2.99. The van der Waals surface area contributed by atoms with Crippen LogP contribution in [-0.2, 0) is 4.74 Å². The standard InChI is InChI=1S/C14H22N2O3/c1-16(8-4-3-5-9-17)13-7-6-11(15)10-12(13)14(18)19-2/h6-7,10,17H,3-5,8-9,15H2,1-2H3. The van der Waals surface area contributed by atoms with Gasteiger partial charge in [-0.2, -0.15) is 0 Å². The molecule has 0 fully saturated rings. The highest BCUT2D eigenvalue weighted by Gasteiger charge is 2.15. The Labute approximate surface area is 114 Å². The summed E-state index contributed by atoms with van der Waals surface area (Å²) >= 11 is 0. The Bertz CT molecular complexity index is 421. The number of hydrogen-bond acceptors (Lipinski definition) is 5. The van der Waals surface area contributed by atoms with Crippen molar-refractivity contribution in [1.29, 1.82) is 0 Å². The number of benzene rings is 1. The van der Waals surface area contributed by atoms with Crippen molar-refractivity contribution in [2.24, 2.45) is 0 Å². The van der Waals surface area contributed by atoms with Crippen molar-refractivity contribution in [3.8, 4) is 0 Å². The fraction of sp³-hybridized carbons (Fsp3) is 0.500. The first kappa shape index (κ1) is 15.3. The summed E-state index contributed by atoms with van der Waals surface area (Å²) < 4.78 is 4.77. The van der Waals surface area contributed by atoms with Crippen LogP contribution in [-0.4, -0.2) is 38.4 Å². The van der Waals surface area contributed by atoms with Crippen molar-refractivity contribution in [2.45, 2.75) is 19.3 Å². The third-order valence-corrected chi connectivity index (χ3v) is 2.99. The molecule has 0 atom stereocenters. The predicted octanol–water partition coefficient (Wildman–Crippen LogP) is 1.65. The van der Waals surface area contributed by atoms with Crippen LogP contribution in [0.1, 0.15) is 29.6 Å². The summed E-state index contributed by atoms with van der Waals surface area (Å²) in [4.78, 5) is 13.7. The molecule has 0 aliphatic heterocycles. The minimum absolute atomic E-state index is 0.221. The van der Waals surface area contributed by atoms with E-state index in [-0.39, 0.29) is 12.6 Å². The number of carbonyl (C=O) groups is 1. The molecule has 3 N–H and O–H groups in total. The van der Waals surface area contributed by atoms with Crippen molar-refractivity contribution < 1.29 is 14.6 Å². The number of unbranched alkanes of at least 4 members (excludes halogenated alkanes) is 2. The zero-order valence-electron chi connectivity index (χ0n) is 11.6. The predicted molar refractivity (Wildman–Crippen MR) is 76.4 cm³/mol. The Morgan fingerprint density at radius 1 is 1.37 bits per heavy atom. The van der Waals surface area contributed by atoms with E-state index in [2.05, 4.69) is 0 Å². The molecular formula is C14H22N2O3. The SMILES string of the molecule is COC(=O)c1cc(N)ccc1N(C)CCCCCO. The normalized spacial score (nSPS) is 10.3.